The quantitative estimate of drug-likeness (QED) is 0.379. The van der Waals surface area contributed by atoms with Crippen LogP contribution < -0.4 is 14.9 Å². The second kappa shape index (κ2) is 7.85. The number of sulfonamides is 1. The molecular formula is C23H24F2N8O2S2. The van der Waals surface area contributed by atoms with Gasteiger partial charge in [0, 0.05) is 42.2 Å². The molecule has 0 radical (unpaired) electrons. The van der Waals surface area contributed by atoms with Gasteiger partial charge in [0.15, 0.2) is 15.7 Å². The molecule has 14 heteroatoms. The van der Waals surface area contributed by atoms with Gasteiger partial charge < -0.3 is 10.2 Å². The third-order valence-electron chi connectivity index (χ3n) is 7.47. The number of fused-ring (bicyclic) bond motifs is 3. The van der Waals surface area contributed by atoms with Crippen LogP contribution >= 0.6 is 11.3 Å². The van der Waals surface area contributed by atoms with E-state index in [1.165, 1.54) is 0 Å². The Morgan fingerprint density at radius 2 is 2.00 bits per heavy atom. The van der Waals surface area contributed by atoms with Crippen LogP contribution in [0.5, 0.6) is 0 Å². The second-order valence-corrected chi connectivity index (χ2v) is 13.1. The number of anilines is 1. The van der Waals surface area contributed by atoms with Crippen molar-refractivity contribution in [3.63, 3.8) is 0 Å². The van der Waals surface area contributed by atoms with Gasteiger partial charge in [-0.3, -0.25) is 0 Å². The minimum absolute atomic E-state index is 0.0314. The van der Waals surface area contributed by atoms with Gasteiger partial charge in [-0.15, -0.1) is 10.2 Å². The molecule has 2 saturated carbocycles. The molecule has 37 heavy (non-hydrogen) atoms. The van der Waals surface area contributed by atoms with Crippen LogP contribution in [0.1, 0.15) is 44.0 Å². The summed E-state index contributed by atoms with van der Waals surface area (Å²) in [4.78, 5) is 6.95. The van der Waals surface area contributed by atoms with Gasteiger partial charge in [0.1, 0.15) is 5.69 Å². The fraction of sp³-hybridized carbons (Fsp3) is 0.478. The lowest BCUT2D eigenvalue weighted by atomic mass is 10.1. The lowest BCUT2D eigenvalue weighted by Gasteiger charge is -2.36. The van der Waals surface area contributed by atoms with Crippen LogP contribution in [0.3, 0.4) is 0 Å². The summed E-state index contributed by atoms with van der Waals surface area (Å²) < 4.78 is 58.3. The minimum atomic E-state index is -3.87. The van der Waals surface area contributed by atoms with E-state index in [0.29, 0.717) is 34.5 Å². The van der Waals surface area contributed by atoms with Gasteiger partial charge >= 0.3 is 0 Å². The first-order chi connectivity index (χ1) is 17.7. The van der Waals surface area contributed by atoms with E-state index in [1.807, 2.05) is 6.92 Å². The molecule has 2 aliphatic carbocycles. The maximum Gasteiger partial charge on any atom is 0.291 e. The number of rotatable bonds is 6. The average molecular weight is 547 g/mol. The molecule has 3 aromatic heterocycles. The molecule has 3 fully saturated rings. The number of alkyl halides is 2. The maximum absolute atomic E-state index is 13.6. The molecule has 0 atom stereocenters. The third kappa shape index (κ3) is 3.97. The molecule has 0 unspecified atom stereocenters. The van der Waals surface area contributed by atoms with Gasteiger partial charge in [0.2, 0.25) is 10.0 Å². The Bertz CT molecular complexity index is 1660. The SMILES string of the molecule is CC1(NS(=O)(=O)c2cc(N3CCNC4(CC4)C3)c3c(c2)c(-c2nnc(C(F)F)s2)nc2ccnn23)CC1. The van der Waals surface area contributed by atoms with Crippen LogP contribution in [0.15, 0.2) is 29.3 Å². The first kappa shape index (κ1) is 23.3. The molecule has 0 amide bonds. The lowest BCUT2D eigenvalue weighted by Crippen LogP contribution is -2.52. The Hall–Kier alpha value is -2.81. The highest BCUT2D eigenvalue weighted by Crippen LogP contribution is 2.43. The van der Waals surface area contributed by atoms with Gasteiger partial charge in [-0.2, -0.15) is 5.10 Å². The maximum atomic E-state index is 13.6. The van der Waals surface area contributed by atoms with Crippen molar-refractivity contribution in [3.05, 3.63) is 29.4 Å². The van der Waals surface area contributed by atoms with Crippen molar-refractivity contribution in [1.29, 1.82) is 0 Å². The molecule has 1 aliphatic heterocycles. The number of halogens is 2. The van der Waals surface area contributed by atoms with Crippen LogP contribution in [0, 0.1) is 0 Å². The summed E-state index contributed by atoms with van der Waals surface area (Å²) in [6.45, 7) is 4.06. The average Bonchev–Trinajstić information content (AvgIpc) is 3.61. The summed E-state index contributed by atoms with van der Waals surface area (Å²) in [6.07, 6.45) is 2.51. The topological polar surface area (TPSA) is 117 Å². The summed E-state index contributed by atoms with van der Waals surface area (Å²) >= 11 is 0.752. The Kier molecular flexibility index (Phi) is 4.95. The van der Waals surface area contributed by atoms with E-state index in [1.54, 1.807) is 28.9 Å². The number of hydrogen-bond acceptors (Lipinski definition) is 9. The van der Waals surface area contributed by atoms with Crippen molar-refractivity contribution in [2.24, 2.45) is 0 Å². The van der Waals surface area contributed by atoms with Crippen molar-refractivity contribution < 1.29 is 17.2 Å². The van der Waals surface area contributed by atoms with Crippen LogP contribution in [0.25, 0.3) is 27.3 Å². The van der Waals surface area contributed by atoms with Crippen LogP contribution in [-0.4, -0.2) is 63.9 Å². The number of nitrogens with one attached hydrogen (secondary N) is 2. The van der Waals surface area contributed by atoms with E-state index < -0.39 is 27.0 Å². The van der Waals surface area contributed by atoms with Crippen LogP contribution in [0.2, 0.25) is 0 Å². The second-order valence-electron chi connectivity index (χ2n) is 10.4. The summed E-state index contributed by atoms with van der Waals surface area (Å²) in [5, 5.41) is 16.0. The summed E-state index contributed by atoms with van der Waals surface area (Å²) in [5.41, 5.74) is 1.76. The van der Waals surface area contributed by atoms with Gasteiger partial charge in [-0.05, 0) is 44.7 Å². The van der Waals surface area contributed by atoms with E-state index in [2.05, 4.69) is 35.2 Å². The molecule has 4 heterocycles. The van der Waals surface area contributed by atoms with Crippen molar-refractivity contribution in [2.45, 2.75) is 55.0 Å². The smallest absolute Gasteiger partial charge is 0.291 e. The number of hydrogen-bond donors (Lipinski definition) is 2. The zero-order chi connectivity index (χ0) is 25.6. The predicted molar refractivity (Wildman–Crippen MR) is 134 cm³/mol. The summed E-state index contributed by atoms with van der Waals surface area (Å²) in [6, 6.07) is 4.98. The molecule has 194 valence electrons. The number of nitrogens with zero attached hydrogens (tertiary/aromatic N) is 6. The first-order valence-corrected chi connectivity index (χ1v) is 14.4. The minimum Gasteiger partial charge on any atom is -0.367 e. The van der Waals surface area contributed by atoms with E-state index in [9.17, 15) is 17.2 Å². The van der Waals surface area contributed by atoms with Gasteiger partial charge in [0.25, 0.3) is 6.43 Å². The van der Waals surface area contributed by atoms with E-state index in [4.69, 9.17) is 0 Å². The van der Waals surface area contributed by atoms with E-state index >= 15 is 0 Å². The van der Waals surface area contributed by atoms with Gasteiger partial charge in [-0.25, -0.2) is 31.4 Å². The van der Waals surface area contributed by atoms with Crippen molar-refractivity contribution >= 4 is 43.6 Å². The van der Waals surface area contributed by atoms with Crippen molar-refractivity contribution in [2.75, 3.05) is 24.5 Å². The highest BCUT2D eigenvalue weighted by atomic mass is 32.2. The van der Waals surface area contributed by atoms with Crippen molar-refractivity contribution in [1.82, 2.24) is 34.8 Å². The van der Waals surface area contributed by atoms with Crippen molar-refractivity contribution in [3.8, 4) is 10.7 Å². The Morgan fingerprint density at radius 3 is 2.70 bits per heavy atom. The number of aromatic nitrogens is 5. The molecule has 4 aromatic rings. The molecule has 1 aromatic carbocycles. The van der Waals surface area contributed by atoms with Gasteiger partial charge in [0.05, 0.1) is 22.3 Å². The molecule has 3 aliphatic rings. The monoisotopic (exact) mass is 546 g/mol. The molecule has 10 nitrogen and oxygen atoms in total. The number of benzene rings is 1. The Morgan fingerprint density at radius 1 is 1.19 bits per heavy atom. The fourth-order valence-electron chi connectivity index (χ4n) is 5.02. The molecule has 1 saturated heterocycles. The molecule has 7 rings (SSSR count). The van der Waals surface area contributed by atoms with Crippen LogP contribution in [-0.2, 0) is 10.0 Å². The Balaban J connectivity index is 1.50. The molecule has 1 spiro atoms. The summed E-state index contributed by atoms with van der Waals surface area (Å²) in [7, 11) is -3.87. The normalized spacial score (nSPS) is 20.4. The van der Waals surface area contributed by atoms with Gasteiger partial charge in [-0.1, -0.05) is 11.3 Å². The predicted octanol–water partition coefficient (Wildman–Crippen LogP) is 3.11. The molecule has 2 N–H and O–H groups in total. The zero-order valence-corrected chi connectivity index (χ0v) is 21.5. The van der Waals surface area contributed by atoms with E-state index in [-0.39, 0.29) is 15.4 Å². The fourth-order valence-corrected chi connectivity index (χ4v) is 7.24. The van der Waals surface area contributed by atoms with E-state index in [0.717, 1.165) is 50.1 Å². The third-order valence-corrected chi connectivity index (χ3v) is 10.0. The molecular weight excluding hydrogens is 522 g/mol. The standard InChI is InChI=1S/C23H24F2N8O2S2/c1-22(3-4-22)31-37(34,35)13-10-14-17(20-29-30-21(36-20)19(24)25)28-16-2-7-27-33(16)18(14)15(11-13)32-9-8-26-23(12-32)5-6-23/h2,7,10-11,19,26,31H,3-6,8-9,12H2,1H3. The highest BCUT2D eigenvalue weighted by Gasteiger charge is 2.46. The van der Waals surface area contributed by atoms with Crippen LogP contribution in [0.4, 0.5) is 14.5 Å². The Labute approximate surface area is 215 Å². The first-order valence-electron chi connectivity index (χ1n) is 12.1. The largest absolute Gasteiger partial charge is 0.367 e. The highest BCUT2D eigenvalue weighted by molar-refractivity contribution is 7.89. The zero-order valence-electron chi connectivity index (χ0n) is 19.9. The lowest BCUT2D eigenvalue weighted by molar-refractivity contribution is 0.150. The number of piperazine rings is 1. The summed E-state index contributed by atoms with van der Waals surface area (Å²) in [5.74, 6) is 0. The molecule has 0 bridgehead atoms.